The maximum absolute atomic E-state index is 13.4. The van der Waals surface area contributed by atoms with Crippen LogP contribution in [0.25, 0.3) is 0 Å². The van der Waals surface area contributed by atoms with Crippen molar-refractivity contribution in [1.82, 2.24) is 0 Å². The first-order valence-corrected chi connectivity index (χ1v) is 6.88. The maximum Gasteiger partial charge on any atom is 0.141 e. The minimum Gasteiger partial charge on any atom is -0.457 e. The van der Waals surface area contributed by atoms with Gasteiger partial charge in [-0.05, 0) is 52.2 Å². The van der Waals surface area contributed by atoms with Crippen LogP contribution in [0.2, 0.25) is 0 Å². The van der Waals surface area contributed by atoms with Gasteiger partial charge >= 0.3 is 0 Å². The van der Waals surface area contributed by atoms with Crippen LogP contribution in [-0.2, 0) is 0 Å². The molecule has 19 heavy (non-hydrogen) atoms. The lowest BCUT2D eigenvalue weighted by molar-refractivity contribution is 0.475. The van der Waals surface area contributed by atoms with E-state index in [0.717, 1.165) is 12.0 Å². The Morgan fingerprint density at radius 1 is 1.16 bits per heavy atom. The highest BCUT2D eigenvalue weighted by Crippen LogP contribution is 2.26. The third-order valence-corrected chi connectivity index (χ3v) is 3.52. The smallest absolute Gasteiger partial charge is 0.141 e. The van der Waals surface area contributed by atoms with Crippen LogP contribution in [0.3, 0.4) is 0 Å². The number of nitrogens with two attached hydrogens (primary N) is 1. The van der Waals surface area contributed by atoms with Gasteiger partial charge in [-0.25, -0.2) is 4.39 Å². The average molecular weight is 324 g/mol. The predicted octanol–water partition coefficient (Wildman–Crippen LogP) is 4.79. The van der Waals surface area contributed by atoms with Crippen LogP contribution >= 0.6 is 15.9 Å². The van der Waals surface area contributed by atoms with Crippen molar-refractivity contribution in [2.45, 2.75) is 19.4 Å². The number of halogens is 2. The predicted molar refractivity (Wildman–Crippen MR) is 77.8 cm³/mol. The molecule has 0 aliphatic carbocycles. The van der Waals surface area contributed by atoms with Gasteiger partial charge < -0.3 is 10.5 Å². The Morgan fingerprint density at radius 3 is 2.37 bits per heavy atom. The van der Waals surface area contributed by atoms with E-state index in [1.54, 1.807) is 12.1 Å². The minimum absolute atomic E-state index is 0.0409. The van der Waals surface area contributed by atoms with Crippen molar-refractivity contribution in [3.63, 3.8) is 0 Å². The van der Waals surface area contributed by atoms with Gasteiger partial charge in [-0.3, -0.25) is 0 Å². The SMILES string of the molecule is CCC(N)c1ccc(Oc2ccc(Br)c(F)c2)cc1. The number of rotatable bonds is 4. The highest BCUT2D eigenvalue weighted by Gasteiger charge is 2.05. The van der Waals surface area contributed by atoms with E-state index in [0.29, 0.717) is 16.0 Å². The third-order valence-electron chi connectivity index (χ3n) is 2.87. The highest BCUT2D eigenvalue weighted by atomic mass is 79.9. The summed E-state index contributed by atoms with van der Waals surface area (Å²) in [6.07, 6.45) is 0.887. The Labute approximate surface area is 120 Å². The molecule has 1 atom stereocenters. The number of hydrogen-bond donors (Lipinski definition) is 1. The molecular weight excluding hydrogens is 309 g/mol. The number of hydrogen-bond acceptors (Lipinski definition) is 2. The third kappa shape index (κ3) is 3.55. The fraction of sp³-hybridized carbons (Fsp3) is 0.200. The molecule has 0 saturated heterocycles. The standard InChI is InChI=1S/C15H15BrFNO/c1-2-15(18)10-3-5-11(6-4-10)19-12-7-8-13(16)14(17)9-12/h3-9,15H,2,18H2,1H3. The highest BCUT2D eigenvalue weighted by molar-refractivity contribution is 9.10. The number of benzene rings is 2. The average Bonchev–Trinajstić information content (AvgIpc) is 2.43. The molecule has 2 nitrogen and oxygen atoms in total. The van der Waals surface area contributed by atoms with E-state index in [1.165, 1.54) is 6.07 Å². The lowest BCUT2D eigenvalue weighted by Crippen LogP contribution is -2.07. The van der Waals surface area contributed by atoms with Crippen molar-refractivity contribution in [2.75, 3.05) is 0 Å². The topological polar surface area (TPSA) is 35.2 Å². The summed E-state index contributed by atoms with van der Waals surface area (Å²) in [6, 6.07) is 12.2. The minimum atomic E-state index is -0.345. The molecule has 0 saturated carbocycles. The quantitative estimate of drug-likeness (QED) is 0.877. The molecule has 2 aromatic rings. The Hall–Kier alpha value is -1.39. The molecule has 0 aliphatic heterocycles. The van der Waals surface area contributed by atoms with Crippen molar-refractivity contribution in [3.05, 3.63) is 58.3 Å². The molecule has 1 unspecified atom stereocenters. The van der Waals surface area contributed by atoms with Crippen LogP contribution in [0, 0.1) is 5.82 Å². The van der Waals surface area contributed by atoms with Gasteiger partial charge in [0, 0.05) is 12.1 Å². The van der Waals surface area contributed by atoms with E-state index in [1.807, 2.05) is 31.2 Å². The van der Waals surface area contributed by atoms with Crippen molar-refractivity contribution in [3.8, 4) is 11.5 Å². The summed E-state index contributed by atoms with van der Waals surface area (Å²) in [5.74, 6) is 0.782. The van der Waals surface area contributed by atoms with Crippen molar-refractivity contribution in [1.29, 1.82) is 0 Å². The second-order valence-electron chi connectivity index (χ2n) is 4.26. The Morgan fingerprint density at radius 2 is 1.79 bits per heavy atom. The first kappa shape index (κ1) is 14.0. The van der Waals surface area contributed by atoms with Gasteiger partial charge in [-0.1, -0.05) is 19.1 Å². The van der Waals surface area contributed by atoms with Gasteiger partial charge in [0.05, 0.1) is 4.47 Å². The van der Waals surface area contributed by atoms with Gasteiger partial charge in [-0.2, -0.15) is 0 Å². The van der Waals surface area contributed by atoms with E-state index < -0.39 is 0 Å². The van der Waals surface area contributed by atoms with Gasteiger partial charge in [0.25, 0.3) is 0 Å². The van der Waals surface area contributed by atoms with Crippen LogP contribution in [0.5, 0.6) is 11.5 Å². The normalized spacial score (nSPS) is 12.2. The van der Waals surface area contributed by atoms with Gasteiger partial charge in [0.1, 0.15) is 17.3 Å². The largest absolute Gasteiger partial charge is 0.457 e. The van der Waals surface area contributed by atoms with E-state index in [4.69, 9.17) is 10.5 Å². The zero-order valence-corrected chi connectivity index (χ0v) is 12.2. The second kappa shape index (κ2) is 6.17. The summed E-state index contributed by atoms with van der Waals surface area (Å²) >= 11 is 3.10. The van der Waals surface area contributed by atoms with Crippen molar-refractivity contribution in [2.24, 2.45) is 5.73 Å². The van der Waals surface area contributed by atoms with Crippen molar-refractivity contribution < 1.29 is 9.13 Å². The number of ether oxygens (including phenoxy) is 1. The summed E-state index contributed by atoms with van der Waals surface area (Å²) in [4.78, 5) is 0. The molecule has 0 bridgehead atoms. The fourth-order valence-electron chi connectivity index (χ4n) is 1.70. The van der Waals surface area contributed by atoms with E-state index >= 15 is 0 Å². The molecule has 0 aromatic heterocycles. The van der Waals surface area contributed by atoms with Crippen LogP contribution < -0.4 is 10.5 Å². The molecule has 2 rings (SSSR count). The van der Waals surface area contributed by atoms with Crippen LogP contribution in [-0.4, -0.2) is 0 Å². The molecule has 0 aliphatic rings. The summed E-state index contributed by atoms with van der Waals surface area (Å²) in [7, 11) is 0. The molecule has 0 fully saturated rings. The summed E-state index contributed by atoms with van der Waals surface area (Å²) in [5.41, 5.74) is 7.00. The summed E-state index contributed by atoms with van der Waals surface area (Å²) < 4.78 is 19.4. The van der Waals surface area contributed by atoms with Gasteiger partial charge in [-0.15, -0.1) is 0 Å². The van der Waals surface area contributed by atoms with Crippen molar-refractivity contribution >= 4 is 15.9 Å². The maximum atomic E-state index is 13.4. The van der Waals surface area contributed by atoms with E-state index in [2.05, 4.69) is 15.9 Å². The monoisotopic (exact) mass is 323 g/mol. The Kier molecular flexibility index (Phi) is 4.56. The fourth-order valence-corrected chi connectivity index (χ4v) is 1.94. The molecule has 0 radical (unpaired) electrons. The zero-order chi connectivity index (χ0) is 13.8. The lowest BCUT2D eigenvalue weighted by Gasteiger charge is -2.11. The molecule has 0 spiro atoms. The first-order valence-electron chi connectivity index (χ1n) is 6.08. The van der Waals surface area contributed by atoms with E-state index in [9.17, 15) is 4.39 Å². The van der Waals surface area contributed by atoms with Gasteiger partial charge in [0.2, 0.25) is 0 Å². The molecule has 100 valence electrons. The van der Waals surface area contributed by atoms with Gasteiger partial charge in [0.15, 0.2) is 0 Å². The molecular formula is C15H15BrFNO. The molecule has 2 aromatic carbocycles. The first-order chi connectivity index (χ1) is 9.10. The van der Waals surface area contributed by atoms with E-state index in [-0.39, 0.29) is 11.9 Å². The van der Waals surface area contributed by atoms with Crippen LogP contribution in [0.4, 0.5) is 4.39 Å². The molecule has 2 N–H and O–H groups in total. The lowest BCUT2D eigenvalue weighted by atomic mass is 10.1. The Bertz CT molecular complexity index is 557. The summed E-state index contributed by atoms with van der Waals surface area (Å²) in [5, 5.41) is 0. The second-order valence-corrected chi connectivity index (χ2v) is 5.12. The molecule has 0 amide bonds. The van der Waals surface area contributed by atoms with Crippen LogP contribution in [0.1, 0.15) is 24.9 Å². The Balaban J connectivity index is 2.12. The molecule has 0 heterocycles. The summed E-state index contributed by atoms with van der Waals surface area (Å²) in [6.45, 7) is 2.04. The zero-order valence-electron chi connectivity index (χ0n) is 10.6. The van der Waals surface area contributed by atoms with Crippen LogP contribution in [0.15, 0.2) is 46.9 Å². The molecule has 4 heteroatoms.